The van der Waals surface area contributed by atoms with Gasteiger partial charge in [0, 0.05) is 45.3 Å². The zero-order valence-electron chi connectivity index (χ0n) is 11.1. The number of nitrogens with zero attached hydrogens (tertiary/aromatic N) is 2. The van der Waals surface area contributed by atoms with Gasteiger partial charge in [-0.2, -0.15) is 4.31 Å². The summed E-state index contributed by atoms with van der Waals surface area (Å²) >= 11 is 4.61. The number of hydrogen-bond acceptors (Lipinski definition) is 5. The van der Waals surface area contributed by atoms with E-state index in [9.17, 15) is 8.42 Å². The Morgan fingerprint density at radius 2 is 2.00 bits per heavy atom. The molecule has 0 bridgehead atoms. The van der Waals surface area contributed by atoms with Crippen molar-refractivity contribution in [1.82, 2.24) is 14.5 Å². The highest BCUT2D eigenvalue weighted by Crippen LogP contribution is 2.30. The second-order valence-corrected chi connectivity index (χ2v) is 9.78. The third kappa shape index (κ3) is 2.95. The first-order valence-electron chi connectivity index (χ1n) is 6.77. The number of nitrogens with one attached hydrogen (secondary N) is 1. The van der Waals surface area contributed by atoms with Crippen molar-refractivity contribution < 1.29 is 8.42 Å². The van der Waals surface area contributed by atoms with Gasteiger partial charge in [0.05, 0.1) is 3.79 Å². The van der Waals surface area contributed by atoms with Gasteiger partial charge in [0.2, 0.25) is 0 Å². The van der Waals surface area contributed by atoms with Crippen LogP contribution in [0.3, 0.4) is 0 Å². The largest absolute Gasteiger partial charge is 0.314 e. The zero-order chi connectivity index (χ0) is 14.2. The highest BCUT2D eigenvalue weighted by molar-refractivity contribution is 9.11. The summed E-state index contributed by atoms with van der Waals surface area (Å²) in [4.78, 5) is 2.41. The van der Waals surface area contributed by atoms with Gasteiger partial charge in [0.25, 0.3) is 10.0 Å². The molecule has 0 spiro atoms. The molecule has 0 saturated carbocycles. The molecule has 1 atom stereocenters. The Balaban J connectivity index is 1.70. The van der Waals surface area contributed by atoms with Crippen LogP contribution in [-0.2, 0) is 10.0 Å². The van der Waals surface area contributed by atoms with Gasteiger partial charge >= 0.3 is 0 Å². The van der Waals surface area contributed by atoms with E-state index in [1.807, 2.05) is 0 Å². The van der Waals surface area contributed by atoms with E-state index in [1.54, 1.807) is 16.4 Å². The van der Waals surface area contributed by atoms with Gasteiger partial charge in [-0.15, -0.1) is 11.3 Å². The molecule has 3 heterocycles. The van der Waals surface area contributed by atoms with E-state index in [4.69, 9.17) is 0 Å². The maximum Gasteiger partial charge on any atom is 0.252 e. The third-order valence-electron chi connectivity index (χ3n) is 3.94. The Hall–Kier alpha value is 0.01000. The van der Waals surface area contributed by atoms with E-state index in [1.165, 1.54) is 11.3 Å². The van der Waals surface area contributed by atoms with Crippen molar-refractivity contribution in [3.63, 3.8) is 0 Å². The van der Waals surface area contributed by atoms with Crippen molar-refractivity contribution in [3.8, 4) is 0 Å². The Kier molecular flexibility index (Phi) is 4.49. The molecule has 1 aromatic heterocycles. The first-order valence-corrected chi connectivity index (χ1v) is 9.82. The molecule has 112 valence electrons. The molecule has 2 aliphatic heterocycles. The average molecular weight is 380 g/mol. The molecule has 0 aliphatic carbocycles. The van der Waals surface area contributed by atoms with Gasteiger partial charge in [-0.1, -0.05) is 0 Å². The average Bonchev–Trinajstić information content (AvgIpc) is 3.09. The van der Waals surface area contributed by atoms with Crippen molar-refractivity contribution in [1.29, 1.82) is 0 Å². The van der Waals surface area contributed by atoms with Crippen LogP contribution in [0.1, 0.15) is 6.42 Å². The SMILES string of the molecule is O=S(=O)(c1ccc(Br)s1)N1CCC(N2CCNCC2)C1. The van der Waals surface area contributed by atoms with Gasteiger partial charge in [-0.25, -0.2) is 8.42 Å². The van der Waals surface area contributed by atoms with E-state index >= 15 is 0 Å². The number of sulfonamides is 1. The summed E-state index contributed by atoms with van der Waals surface area (Å²) in [5, 5.41) is 3.33. The lowest BCUT2D eigenvalue weighted by Gasteiger charge is -2.32. The number of halogens is 1. The molecule has 8 heteroatoms. The molecule has 0 amide bonds. The van der Waals surface area contributed by atoms with E-state index in [-0.39, 0.29) is 0 Å². The summed E-state index contributed by atoms with van der Waals surface area (Å²) in [5.41, 5.74) is 0. The minimum atomic E-state index is -3.31. The van der Waals surface area contributed by atoms with Crippen molar-refractivity contribution in [3.05, 3.63) is 15.9 Å². The Bertz CT molecular complexity index is 569. The van der Waals surface area contributed by atoms with Gasteiger partial charge in [0.1, 0.15) is 4.21 Å². The van der Waals surface area contributed by atoms with Gasteiger partial charge < -0.3 is 5.32 Å². The van der Waals surface area contributed by atoms with Crippen LogP contribution in [0.15, 0.2) is 20.1 Å². The summed E-state index contributed by atoms with van der Waals surface area (Å²) < 4.78 is 28.0. The molecule has 0 radical (unpaired) electrons. The van der Waals surface area contributed by atoms with Crippen LogP contribution in [0.4, 0.5) is 0 Å². The Labute approximate surface area is 132 Å². The fourth-order valence-electron chi connectivity index (χ4n) is 2.84. The fourth-order valence-corrected chi connectivity index (χ4v) is 6.49. The standard InChI is InChI=1S/C12H18BrN3O2S2/c13-11-1-2-12(19-11)20(17,18)16-6-3-10(9-16)15-7-4-14-5-8-15/h1-2,10,14H,3-9H2. The zero-order valence-corrected chi connectivity index (χ0v) is 14.3. The number of rotatable bonds is 3. The van der Waals surface area contributed by atoms with E-state index < -0.39 is 10.0 Å². The Morgan fingerprint density at radius 3 is 2.65 bits per heavy atom. The molecule has 5 nitrogen and oxygen atoms in total. The summed E-state index contributed by atoms with van der Waals surface area (Å²) in [6.07, 6.45) is 0.936. The van der Waals surface area contributed by atoms with Crippen LogP contribution in [0.2, 0.25) is 0 Å². The molecule has 20 heavy (non-hydrogen) atoms. The van der Waals surface area contributed by atoms with Crippen molar-refractivity contribution >= 4 is 37.3 Å². The Morgan fingerprint density at radius 1 is 1.25 bits per heavy atom. The van der Waals surface area contributed by atoms with Gasteiger partial charge in [-0.05, 0) is 34.5 Å². The van der Waals surface area contributed by atoms with Crippen LogP contribution < -0.4 is 5.32 Å². The summed E-state index contributed by atoms with van der Waals surface area (Å²) in [5.74, 6) is 0. The van der Waals surface area contributed by atoms with Crippen LogP contribution in [0, 0.1) is 0 Å². The van der Waals surface area contributed by atoms with Crippen molar-refractivity contribution in [2.24, 2.45) is 0 Å². The van der Waals surface area contributed by atoms with Crippen LogP contribution in [0.25, 0.3) is 0 Å². The van der Waals surface area contributed by atoms with Gasteiger partial charge in [0.15, 0.2) is 0 Å². The molecule has 0 aromatic carbocycles. The summed E-state index contributed by atoms with van der Waals surface area (Å²) in [6.45, 7) is 5.29. The fraction of sp³-hybridized carbons (Fsp3) is 0.667. The lowest BCUT2D eigenvalue weighted by Crippen LogP contribution is -2.49. The highest BCUT2D eigenvalue weighted by atomic mass is 79.9. The number of thiophene rings is 1. The summed E-state index contributed by atoms with van der Waals surface area (Å²) in [7, 11) is -3.31. The molecule has 1 unspecified atom stereocenters. The first kappa shape index (κ1) is 14.9. The van der Waals surface area contributed by atoms with Crippen LogP contribution in [-0.4, -0.2) is 62.9 Å². The second kappa shape index (κ2) is 6.02. The molecular weight excluding hydrogens is 362 g/mol. The molecule has 2 saturated heterocycles. The topological polar surface area (TPSA) is 52.7 Å². The van der Waals surface area contributed by atoms with Crippen molar-refractivity contribution in [2.45, 2.75) is 16.7 Å². The molecule has 2 aliphatic rings. The maximum absolute atomic E-state index is 12.6. The quantitative estimate of drug-likeness (QED) is 0.856. The predicted octanol–water partition coefficient (Wildman–Crippen LogP) is 1.18. The van der Waals surface area contributed by atoms with E-state index in [2.05, 4.69) is 26.1 Å². The lowest BCUT2D eigenvalue weighted by atomic mass is 10.2. The monoisotopic (exact) mass is 379 g/mol. The van der Waals surface area contributed by atoms with E-state index in [0.717, 1.165) is 36.4 Å². The lowest BCUT2D eigenvalue weighted by molar-refractivity contribution is 0.179. The molecule has 1 aromatic rings. The minimum absolute atomic E-state index is 0.371. The van der Waals surface area contributed by atoms with Crippen LogP contribution in [0.5, 0.6) is 0 Å². The van der Waals surface area contributed by atoms with Gasteiger partial charge in [-0.3, -0.25) is 4.90 Å². The van der Waals surface area contributed by atoms with Crippen molar-refractivity contribution in [2.75, 3.05) is 39.3 Å². The summed E-state index contributed by atoms with van der Waals surface area (Å²) in [6, 6.07) is 3.85. The third-order valence-corrected chi connectivity index (χ3v) is 7.89. The maximum atomic E-state index is 12.6. The highest BCUT2D eigenvalue weighted by Gasteiger charge is 2.36. The number of hydrogen-bond donors (Lipinski definition) is 1. The van der Waals surface area contributed by atoms with Crippen LogP contribution >= 0.6 is 27.3 Å². The minimum Gasteiger partial charge on any atom is -0.314 e. The first-order chi connectivity index (χ1) is 9.57. The predicted molar refractivity (Wildman–Crippen MR) is 83.6 cm³/mol. The molecule has 3 rings (SSSR count). The van der Waals surface area contributed by atoms with E-state index in [0.29, 0.717) is 23.3 Å². The molecular formula is C12H18BrN3O2S2. The number of piperazine rings is 1. The normalized spacial score (nSPS) is 26.1. The smallest absolute Gasteiger partial charge is 0.252 e. The second-order valence-electron chi connectivity index (χ2n) is 5.15. The molecule has 2 fully saturated rings. The molecule has 1 N–H and O–H groups in total.